The van der Waals surface area contributed by atoms with E-state index in [1.165, 1.54) is 31.4 Å². The van der Waals surface area contributed by atoms with E-state index in [0.717, 1.165) is 0 Å². The summed E-state index contributed by atoms with van der Waals surface area (Å²) in [6.07, 6.45) is 0. The zero-order valence-electron chi connectivity index (χ0n) is 10.9. The summed E-state index contributed by atoms with van der Waals surface area (Å²) in [5, 5.41) is 0.435. The Morgan fingerprint density at radius 3 is 2.52 bits per heavy atom. The maximum atomic E-state index is 12.4. The van der Waals surface area contributed by atoms with Gasteiger partial charge < -0.3 is 10.5 Å². The fourth-order valence-corrected chi connectivity index (χ4v) is 3.45. The first-order valence-corrected chi connectivity index (χ1v) is 7.99. The van der Waals surface area contributed by atoms with Gasteiger partial charge in [-0.2, -0.15) is 0 Å². The van der Waals surface area contributed by atoms with Crippen molar-refractivity contribution in [3.63, 3.8) is 0 Å². The molecule has 21 heavy (non-hydrogen) atoms. The predicted octanol–water partition coefficient (Wildman–Crippen LogP) is 3.39. The molecule has 0 aromatic heterocycles. The minimum absolute atomic E-state index is 0.0673. The molecule has 0 radical (unpaired) electrons. The number of sulfonamides is 1. The van der Waals surface area contributed by atoms with Crippen LogP contribution in [-0.2, 0) is 10.0 Å². The Hall–Kier alpha value is -1.63. The highest BCUT2D eigenvalue weighted by Gasteiger charge is 2.20. The van der Waals surface area contributed by atoms with E-state index >= 15 is 0 Å². The number of rotatable bonds is 4. The third-order valence-electron chi connectivity index (χ3n) is 2.65. The van der Waals surface area contributed by atoms with Crippen molar-refractivity contribution in [2.45, 2.75) is 4.90 Å². The second kappa shape index (κ2) is 6.01. The average molecular weight is 347 g/mol. The lowest BCUT2D eigenvalue weighted by Gasteiger charge is -2.13. The summed E-state index contributed by atoms with van der Waals surface area (Å²) in [6.45, 7) is 0. The van der Waals surface area contributed by atoms with Crippen LogP contribution in [0, 0.1) is 0 Å². The molecule has 0 bridgehead atoms. The lowest BCUT2D eigenvalue weighted by molar-refractivity contribution is 0.417. The molecule has 0 atom stereocenters. The van der Waals surface area contributed by atoms with Crippen molar-refractivity contribution >= 4 is 44.6 Å². The first-order valence-electron chi connectivity index (χ1n) is 5.75. The number of ether oxygens (including phenoxy) is 1. The standard InChI is InChI=1S/C13H12Cl2N2O3S/c1-20-12-5-2-8(14)6-11(12)17-21(18,19)13-7-9(16)3-4-10(13)15/h2-7,17H,16H2,1H3. The summed E-state index contributed by atoms with van der Waals surface area (Å²) in [6, 6.07) is 8.80. The highest BCUT2D eigenvalue weighted by Crippen LogP contribution is 2.31. The van der Waals surface area contributed by atoms with Crippen LogP contribution in [0.2, 0.25) is 10.0 Å². The Morgan fingerprint density at radius 2 is 1.86 bits per heavy atom. The summed E-state index contributed by atoms with van der Waals surface area (Å²) in [5.74, 6) is 0.336. The molecule has 2 rings (SSSR count). The maximum Gasteiger partial charge on any atom is 0.263 e. The molecule has 0 saturated heterocycles. The van der Waals surface area contributed by atoms with Crippen molar-refractivity contribution in [3.05, 3.63) is 46.4 Å². The second-order valence-electron chi connectivity index (χ2n) is 4.14. The lowest BCUT2D eigenvalue weighted by atomic mass is 10.3. The van der Waals surface area contributed by atoms with Crippen molar-refractivity contribution in [3.8, 4) is 5.75 Å². The molecule has 5 nitrogen and oxygen atoms in total. The zero-order chi connectivity index (χ0) is 15.6. The molecule has 0 fully saturated rings. The smallest absolute Gasteiger partial charge is 0.263 e. The fourth-order valence-electron chi connectivity index (χ4n) is 1.69. The van der Waals surface area contributed by atoms with Gasteiger partial charge in [-0.1, -0.05) is 23.2 Å². The Bertz CT molecular complexity index is 779. The van der Waals surface area contributed by atoms with Crippen molar-refractivity contribution in [1.29, 1.82) is 0 Å². The number of hydrogen-bond acceptors (Lipinski definition) is 4. The van der Waals surface area contributed by atoms with Crippen molar-refractivity contribution in [2.75, 3.05) is 17.6 Å². The Balaban J connectivity index is 2.47. The highest BCUT2D eigenvalue weighted by molar-refractivity contribution is 7.92. The lowest BCUT2D eigenvalue weighted by Crippen LogP contribution is -2.14. The van der Waals surface area contributed by atoms with Gasteiger partial charge in [-0.05, 0) is 36.4 Å². The molecule has 0 aliphatic heterocycles. The molecule has 112 valence electrons. The summed E-state index contributed by atoms with van der Waals surface area (Å²) in [7, 11) is -2.49. The number of nitrogens with one attached hydrogen (secondary N) is 1. The summed E-state index contributed by atoms with van der Waals surface area (Å²) in [4.78, 5) is -0.119. The van der Waals surface area contributed by atoms with Crippen molar-refractivity contribution in [2.24, 2.45) is 0 Å². The molecule has 2 aromatic rings. The maximum absolute atomic E-state index is 12.4. The van der Waals surface area contributed by atoms with E-state index in [0.29, 0.717) is 10.8 Å². The Labute approximate surface area is 132 Å². The minimum Gasteiger partial charge on any atom is -0.495 e. The minimum atomic E-state index is -3.92. The molecule has 8 heteroatoms. The van der Waals surface area contributed by atoms with Crippen molar-refractivity contribution in [1.82, 2.24) is 0 Å². The molecule has 0 aliphatic rings. The third-order valence-corrected chi connectivity index (χ3v) is 4.73. The summed E-state index contributed by atoms with van der Waals surface area (Å²) >= 11 is 11.8. The average Bonchev–Trinajstić information content (AvgIpc) is 2.41. The van der Waals surface area contributed by atoms with Crippen LogP contribution in [-0.4, -0.2) is 15.5 Å². The van der Waals surface area contributed by atoms with E-state index in [-0.39, 0.29) is 21.3 Å². The van der Waals surface area contributed by atoms with E-state index in [1.54, 1.807) is 12.1 Å². The van der Waals surface area contributed by atoms with Gasteiger partial charge >= 0.3 is 0 Å². The number of methoxy groups -OCH3 is 1. The van der Waals surface area contributed by atoms with Gasteiger partial charge in [0.05, 0.1) is 17.8 Å². The molecule has 0 heterocycles. The van der Waals surface area contributed by atoms with E-state index in [2.05, 4.69) is 4.72 Å². The zero-order valence-corrected chi connectivity index (χ0v) is 13.3. The molecule has 3 N–H and O–H groups in total. The SMILES string of the molecule is COc1ccc(Cl)cc1NS(=O)(=O)c1cc(N)ccc1Cl. The van der Waals surface area contributed by atoms with Crippen molar-refractivity contribution < 1.29 is 13.2 Å². The third kappa shape index (κ3) is 3.53. The molecule has 0 aliphatic carbocycles. The quantitative estimate of drug-likeness (QED) is 0.831. The Kier molecular flexibility index (Phi) is 4.51. The van der Waals surface area contributed by atoms with Crippen LogP contribution in [0.25, 0.3) is 0 Å². The van der Waals surface area contributed by atoms with E-state index in [4.69, 9.17) is 33.7 Å². The van der Waals surface area contributed by atoms with Crippen LogP contribution >= 0.6 is 23.2 Å². The van der Waals surface area contributed by atoms with Crippen LogP contribution in [0.3, 0.4) is 0 Å². The summed E-state index contributed by atoms with van der Waals surface area (Å²) in [5.41, 5.74) is 6.10. The first kappa shape index (κ1) is 15.8. The van der Waals surface area contributed by atoms with Crippen LogP contribution < -0.4 is 15.2 Å². The topological polar surface area (TPSA) is 81.4 Å². The monoisotopic (exact) mass is 346 g/mol. The molecule has 0 spiro atoms. The van der Waals surface area contributed by atoms with Gasteiger partial charge in [-0.25, -0.2) is 8.42 Å². The number of hydrogen-bond donors (Lipinski definition) is 2. The van der Waals surface area contributed by atoms with Gasteiger partial charge in [0, 0.05) is 10.7 Å². The van der Waals surface area contributed by atoms with E-state index in [1.807, 2.05) is 0 Å². The summed E-state index contributed by atoms with van der Waals surface area (Å²) < 4.78 is 32.3. The molecule has 2 aromatic carbocycles. The second-order valence-corrected chi connectivity index (χ2v) is 6.63. The van der Waals surface area contributed by atoms with Crippen LogP contribution in [0.4, 0.5) is 11.4 Å². The van der Waals surface area contributed by atoms with E-state index < -0.39 is 10.0 Å². The number of nitrogen functional groups attached to an aromatic ring is 1. The van der Waals surface area contributed by atoms with Crippen LogP contribution in [0.1, 0.15) is 0 Å². The van der Waals surface area contributed by atoms with Gasteiger partial charge in [0.2, 0.25) is 0 Å². The van der Waals surface area contributed by atoms with Gasteiger partial charge in [-0.15, -0.1) is 0 Å². The van der Waals surface area contributed by atoms with Gasteiger partial charge in [0.1, 0.15) is 10.6 Å². The number of halogens is 2. The van der Waals surface area contributed by atoms with Crippen LogP contribution in [0.15, 0.2) is 41.3 Å². The van der Waals surface area contributed by atoms with Gasteiger partial charge in [0.25, 0.3) is 10.0 Å². The van der Waals surface area contributed by atoms with E-state index in [9.17, 15) is 8.42 Å². The number of anilines is 2. The molecule has 0 saturated carbocycles. The van der Waals surface area contributed by atoms with Gasteiger partial charge in [0.15, 0.2) is 0 Å². The fraction of sp³-hybridized carbons (Fsp3) is 0.0769. The molecular formula is C13H12Cl2N2O3S. The molecule has 0 unspecified atom stereocenters. The number of nitrogens with two attached hydrogens (primary N) is 1. The van der Waals surface area contributed by atoms with Gasteiger partial charge in [-0.3, -0.25) is 4.72 Å². The molecular weight excluding hydrogens is 335 g/mol. The highest BCUT2D eigenvalue weighted by atomic mass is 35.5. The first-order chi connectivity index (χ1) is 9.83. The predicted molar refractivity (Wildman–Crippen MR) is 84.7 cm³/mol. The Morgan fingerprint density at radius 1 is 1.14 bits per heavy atom. The molecule has 0 amide bonds. The normalized spacial score (nSPS) is 11.2. The number of benzene rings is 2. The largest absolute Gasteiger partial charge is 0.495 e. The van der Waals surface area contributed by atoms with Crippen LogP contribution in [0.5, 0.6) is 5.75 Å².